The van der Waals surface area contributed by atoms with Gasteiger partial charge in [-0.2, -0.15) is 0 Å². The van der Waals surface area contributed by atoms with Crippen molar-refractivity contribution in [3.63, 3.8) is 0 Å². The SMILES string of the molecule is CC(NC(=O)N1CCCC(C(=O)O)C1)C1CC1. The Bertz CT molecular complexity index is 315. The van der Waals surface area contributed by atoms with Crippen LogP contribution in [0.15, 0.2) is 0 Å². The van der Waals surface area contributed by atoms with E-state index in [1.807, 2.05) is 6.92 Å². The molecule has 2 atom stereocenters. The molecule has 0 spiro atoms. The fourth-order valence-electron chi connectivity index (χ4n) is 2.36. The van der Waals surface area contributed by atoms with E-state index in [9.17, 15) is 9.59 Å². The second-order valence-corrected chi connectivity index (χ2v) is 5.20. The fourth-order valence-corrected chi connectivity index (χ4v) is 2.36. The van der Waals surface area contributed by atoms with E-state index in [2.05, 4.69) is 5.32 Å². The van der Waals surface area contributed by atoms with Gasteiger partial charge >= 0.3 is 12.0 Å². The molecule has 5 heteroatoms. The molecule has 2 rings (SSSR count). The minimum Gasteiger partial charge on any atom is -0.481 e. The molecule has 0 bridgehead atoms. The lowest BCUT2D eigenvalue weighted by molar-refractivity contribution is -0.143. The molecular formula is C12H20N2O3. The normalized spacial score (nSPS) is 26.4. The van der Waals surface area contributed by atoms with Gasteiger partial charge in [0.15, 0.2) is 0 Å². The average molecular weight is 240 g/mol. The Morgan fingerprint density at radius 3 is 2.65 bits per heavy atom. The van der Waals surface area contributed by atoms with Crippen molar-refractivity contribution in [2.24, 2.45) is 11.8 Å². The van der Waals surface area contributed by atoms with E-state index in [1.54, 1.807) is 4.90 Å². The largest absolute Gasteiger partial charge is 0.481 e. The van der Waals surface area contributed by atoms with Crippen molar-refractivity contribution in [2.75, 3.05) is 13.1 Å². The number of urea groups is 1. The van der Waals surface area contributed by atoms with Gasteiger partial charge in [-0.3, -0.25) is 4.79 Å². The molecule has 0 radical (unpaired) electrons. The number of rotatable bonds is 3. The summed E-state index contributed by atoms with van der Waals surface area (Å²) in [7, 11) is 0. The minimum absolute atomic E-state index is 0.102. The van der Waals surface area contributed by atoms with E-state index >= 15 is 0 Å². The second kappa shape index (κ2) is 4.94. The van der Waals surface area contributed by atoms with Crippen LogP contribution in [0.25, 0.3) is 0 Å². The van der Waals surface area contributed by atoms with E-state index in [-0.39, 0.29) is 12.1 Å². The Morgan fingerprint density at radius 2 is 2.06 bits per heavy atom. The number of carboxylic acids is 1. The van der Waals surface area contributed by atoms with Gasteiger partial charge in [0, 0.05) is 19.1 Å². The zero-order valence-corrected chi connectivity index (χ0v) is 10.2. The van der Waals surface area contributed by atoms with Gasteiger partial charge in [-0.1, -0.05) is 0 Å². The smallest absolute Gasteiger partial charge is 0.317 e. The van der Waals surface area contributed by atoms with E-state index in [0.29, 0.717) is 25.4 Å². The molecule has 1 heterocycles. The molecular weight excluding hydrogens is 220 g/mol. The summed E-state index contributed by atoms with van der Waals surface area (Å²) >= 11 is 0. The molecule has 1 saturated carbocycles. The monoisotopic (exact) mass is 240 g/mol. The van der Waals surface area contributed by atoms with Crippen molar-refractivity contribution in [1.82, 2.24) is 10.2 Å². The number of carboxylic acid groups (broad SMARTS) is 1. The van der Waals surface area contributed by atoms with Crippen LogP contribution in [0.2, 0.25) is 0 Å². The lowest BCUT2D eigenvalue weighted by atomic mass is 9.99. The molecule has 17 heavy (non-hydrogen) atoms. The minimum atomic E-state index is -0.794. The van der Waals surface area contributed by atoms with Crippen LogP contribution >= 0.6 is 0 Å². The molecule has 1 aliphatic carbocycles. The summed E-state index contributed by atoms with van der Waals surface area (Å²) in [5.41, 5.74) is 0. The van der Waals surface area contributed by atoms with Gasteiger partial charge in [0.2, 0.25) is 0 Å². The van der Waals surface area contributed by atoms with Crippen molar-refractivity contribution < 1.29 is 14.7 Å². The molecule has 2 fully saturated rings. The van der Waals surface area contributed by atoms with Gasteiger partial charge in [0.1, 0.15) is 0 Å². The summed E-state index contributed by atoms with van der Waals surface area (Å²) < 4.78 is 0. The third-order valence-electron chi connectivity index (χ3n) is 3.74. The lowest BCUT2D eigenvalue weighted by Crippen LogP contribution is -2.49. The Morgan fingerprint density at radius 1 is 1.35 bits per heavy atom. The highest BCUT2D eigenvalue weighted by molar-refractivity contribution is 5.76. The molecule has 96 valence electrons. The number of nitrogens with zero attached hydrogens (tertiary/aromatic N) is 1. The molecule has 2 amide bonds. The maximum absolute atomic E-state index is 11.9. The zero-order chi connectivity index (χ0) is 12.4. The summed E-state index contributed by atoms with van der Waals surface area (Å²) in [6, 6.07) is 0.114. The highest BCUT2D eigenvalue weighted by Crippen LogP contribution is 2.32. The number of carbonyl (C=O) groups is 2. The molecule has 0 aromatic heterocycles. The van der Waals surface area contributed by atoms with Crippen LogP contribution in [-0.4, -0.2) is 41.1 Å². The van der Waals surface area contributed by atoms with Crippen molar-refractivity contribution in [3.05, 3.63) is 0 Å². The van der Waals surface area contributed by atoms with Gasteiger partial charge in [-0.15, -0.1) is 0 Å². The average Bonchev–Trinajstić information content (AvgIpc) is 3.12. The van der Waals surface area contributed by atoms with E-state index in [4.69, 9.17) is 5.11 Å². The maximum atomic E-state index is 11.9. The fraction of sp³-hybridized carbons (Fsp3) is 0.833. The highest BCUT2D eigenvalue weighted by Gasteiger charge is 2.32. The Hall–Kier alpha value is -1.26. The first kappa shape index (κ1) is 12.2. The van der Waals surface area contributed by atoms with Crippen molar-refractivity contribution in [2.45, 2.75) is 38.6 Å². The van der Waals surface area contributed by atoms with Crippen molar-refractivity contribution >= 4 is 12.0 Å². The molecule has 1 saturated heterocycles. The van der Waals surface area contributed by atoms with Crippen LogP contribution in [0.1, 0.15) is 32.6 Å². The molecule has 0 aromatic rings. The first-order valence-electron chi connectivity index (χ1n) is 6.36. The third-order valence-corrected chi connectivity index (χ3v) is 3.74. The van der Waals surface area contributed by atoms with Crippen LogP contribution < -0.4 is 5.32 Å². The standard InChI is InChI=1S/C12H20N2O3/c1-8(9-4-5-9)13-12(17)14-6-2-3-10(7-14)11(15)16/h8-10H,2-7H2,1H3,(H,13,17)(H,15,16). The van der Waals surface area contributed by atoms with Crippen LogP contribution in [0, 0.1) is 11.8 Å². The Labute approximate surface area is 101 Å². The van der Waals surface area contributed by atoms with Crippen LogP contribution in [-0.2, 0) is 4.79 Å². The molecule has 0 aromatic carbocycles. The summed E-state index contributed by atoms with van der Waals surface area (Å²) in [6.07, 6.45) is 3.85. The first-order valence-corrected chi connectivity index (χ1v) is 6.36. The van der Waals surface area contributed by atoms with Crippen LogP contribution in [0.4, 0.5) is 4.79 Å². The summed E-state index contributed by atoms with van der Waals surface area (Å²) in [6.45, 7) is 3.04. The first-order chi connectivity index (χ1) is 8.08. The highest BCUT2D eigenvalue weighted by atomic mass is 16.4. The summed E-state index contributed by atoms with van der Waals surface area (Å²) in [5.74, 6) is -0.567. The Balaban J connectivity index is 1.83. The number of hydrogen-bond acceptors (Lipinski definition) is 2. The van der Waals surface area contributed by atoms with Crippen molar-refractivity contribution in [1.29, 1.82) is 0 Å². The second-order valence-electron chi connectivity index (χ2n) is 5.20. The lowest BCUT2D eigenvalue weighted by Gasteiger charge is -2.31. The molecule has 2 N–H and O–H groups in total. The third kappa shape index (κ3) is 3.11. The number of nitrogens with one attached hydrogen (secondary N) is 1. The maximum Gasteiger partial charge on any atom is 0.317 e. The van der Waals surface area contributed by atoms with Gasteiger partial charge < -0.3 is 15.3 Å². The number of carbonyl (C=O) groups excluding carboxylic acids is 1. The molecule has 1 aliphatic heterocycles. The van der Waals surface area contributed by atoms with Crippen LogP contribution in [0.5, 0.6) is 0 Å². The predicted molar refractivity (Wildman–Crippen MR) is 62.7 cm³/mol. The zero-order valence-electron chi connectivity index (χ0n) is 10.2. The van der Waals surface area contributed by atoms with Gasteiger partial charge in [-0.25, -0.2) is 4.79 Å². The Kier molecular flexibility index (Phi) is 3.54. The molecule has 2 unspecified atom stereocenters. The van der Waals surface area contributed by atoms with E-state index < -0.39 is 11.9 Å². The number of amides is 2. The summed E-state index contributed by atoms with van der Waals surface area (Å²) in [4.78, 5) is 24.5. The quantitative estimate of drug-likeness (QED) is 0.781. The van der Waals surface area contributed by atoms with E-state index in [0.717, 1.165) is 6.42 Å². The van der Waals surface area contributed by atoms with Gasteiger partial charge in [0.25, 0.3) is 0 Å². The molecule has 2 aliphatic rings. The number of piperidine rings is 1. The number of likely N-dealkylation sites (tertiary alicyclic amines) is 1. The van der Waals surface area contributed by atoms with E-state index in [1.165, 1.54) is 12.8 Å². The summed E-state index contributed by atoms with van der Waals surface area (Å²) in [5, 5.41) is 11.9. The van der Waals surface area contributed by atoms with Gasteiger partial charge in [0.05, 0.1) is 5.92 Å². The number of hydrogen-bond donors (Lipinski definition) is 2. The van der Waals surface area contributed by atoms with Crippen LogP contribution in [0.3, 0.4) is 0 Å². The van der Waals surface area contributed by atoms with Gasteiger partial charge in [-0.05, 0) is 38.5 Å². The number of aliphatic carboxylic acids is 1. The van der Waals surface area contributed by atoms with Crippen molar-refractivity contribution in [3.8, 4) is 0 Å². The topological polar surface area (TPSA) is 69.6 Å². The predicted octanol–water partition coefficient (Wildman–Crippen LogP) is 1.29. The molecule has 5 nitrogen and oxygen atoms in total.